The molecule has 0 saturated carbocycles. The van der Waals surface area contributed by atoms with E-state index in [-0.39, 0.29) is 10.5 Å². The van der Waals surface area contributed by atoms with E-state index in [1.54, 1.807) is 0 Å². The molecular formula is C12H8ClF6NO2. The number of halogens is 7. The van der Waals surface area contributed by atoms with Crippen LogP contribution in [0.15, 0.2) is 30.3 Å². The first-order chi connectivity index (χ1) is 10.1. The summed E-state index contributed by atoms with van der Waals surface area (Å²) in [5.74, 6) is -1.67. The van der Waals surface area contributed by atoms with E-state index < -0.39 is 36.1 Å². The summed E-state index contributed by atoms with van der Waals surface area (Å²) in [6.45, 7) is 0. The lowest BCUT2D eigenvalue weighted by Crippen LogP contribution is -2.65. The highest BCUT2D eigenvalue weighted by Crippen LogP contribution is 2.55. The number of carbonyl (C=O) groups is 1. The average molecular weight is 348 g/mol. The molecule has 0 N–H and O–H groups in total. The van der Waals surface area contributed by atoms with Crippen molar-refractivity contribution in [2.45, 2.75) is 24.1 Å². The Kier molecular flexibility index (Phi) is 4.07. The standard InChI is InChI=1S/C12H8ClF6NO2/c13-6-20-8(7-4-2-1-3-5-7)9(21)22-10(20,11(14,15)16)12(17,18)19/h1-5,8H,6H2. The molecule has 0 bridgehead atoms. The predicted molar refractivity (Wildman–Crippen MR) is 62.7 cm³/mol. The van der Waals surface area contributed by atoms with Crippen molar-refractivity contribution >= 4 is 17.6 Å². The van der Waals surface area contributed by atoms with Crippen LogP contribution in [0.4, 0.5) is 26.3 Å². The Hall–Kier alpha value is -1.48. The molecule has 3 nitrogen and oxygen atoms in total. The summed E-state index contributed by atoms with van der Waals surface area (Å²) in [5, 5.41) is 0. The van der Waals surface area contributed by atoms with E-state index in [0.29, 0.717) is 0 Å². The lowest BCUT2D eigenvalue weighted by atomic mass is 10.0. The lowest BCUT2D eigenvalue weighted by molar-refractivity contribution is -0.400. The molecule has 1 atom stereocenters. The summed E-state index contributed by atoms with van der Waals surface area (Å²) < 4.78 is 82.5. The van der Waals surface area contributed by atoms with Crippen molar-refractivity contribution < 1.29 is 35.9 Å². The molecule has 0 amide bonds. The molecule has 0 aromatic heterocycles. The van der Waals surface area contributed by atoms with E-state index in [4.69, 9.17) is 11.6 Å². The zero-order chi connectivity index (χ0) is 16.8. The third kappa shape index (κ3) is 2.32. The molecule has 1 saturated heterocycles. The number of cyclic esters (lactones) is 1. The predicted octanol–water partition coefficient (Wildman–Crippen LogP) is 3.60. The van der Waals surface area contributed by atoms with Crippen molar-refractivity contribution in [3.8, 4) is 0 Å². The number of rotatable bonds is 2. The molecule has 1 aliphatic rings. The number of alkyl halides is 7. The van der Waals surface area contributed by atoms with Crippen LogP contribution in [0.2, 0.25) is 0 Å². The first-order valence-electron chi connectivity index (χ1n) is 5.80. The monoisotopic (exact) mass is 347 g/mol. The van der Waals surface area contributed by atoms with Gasteiger partial charge >= 0.3 is 24.0 Å². The fraction of sp³-hybridized carbons (Fsp3) is 0.417. The van der Waals surface area contributed by atoms with Crippen LogP contribution in [0.5, 0.6) is 0 Å². The van der Waals surface area contributed by atoms with Crippen LogP contribution in [0.25, 0.3) is 0 Å². The van der Waals surface area contributed by atoms with Gasteiger partial charge in [0.15, 0.2) is 0 Å². The number of nitrogens with zero attached hydrogens (tertiary/aromatic N) is 1. The minimum Gasteiger partial charge on any atom is -0.423 e. The molecule has 0 spiro atoms. The van der Waals surface area contributed by atoms with Crippen molar-refractivity contribution in [3.63, 3.8) is 0 Å². The molecule has 1 heterocycles. The number of carbonyl (C=O) groups excluding carboxylic acids is 1. The summed E-state index contributed by atoms with van der Waals surface area (Å²) in [6.07, 6.45) is -11.8. The molecule has 10 heteroatoms. The molecular weight excluding hydrogens is 340 g/mol. The summed E-state index contributed by atoms with van der Waals surface area (Å²) in [4.78, 5) is 11.5. The van der Waals surface area contributed by atoms with Gasteiger partial charge in [0.05, 0.1) is 6.00 Å². The second kappa shape index (κ2) is 5.31. The van der Waals surface area contributed by atoms with E-state index in [2.05, 4.69) is 4.74 Å². The van der Waals surface area contributed by atoms with E-state index >= 15 is 0 Å². The highest BCUT2D eigenvalue weighted by atomic mass is 35.5. The maximum absolute atomic E-state index is 13.1. The molecule has 1 aromatic carbocycles. The number of esters is 1. The maximum Gasteiger partial charge on any atom is 0.453 e. The van der Waals surface area contributed by atoms with Crippen LogP contribution in [-0.4, -0.2) is 35.0 Å². The van der Waals surface area contributed by atoms with Gasteiger partial charge in [-0.1, -0.05) is 30.3 Å². The van der Waals surface area contributed by atoms with E-state index in [9.17, 15) is 31.1 Å². The molecule has 1 unspecified atom stereocenters. The summed E-state index contributed by atoms with van der Waals surface area (Å²) in [5.41, 5.74) is -4.84. The number of hydrogen-bond acceptors (Lipinski definition) is 3. The smallest absolute Gasteiger partial charge is 0.423 e. The lowest BCUT2D eigenvalue weighted by Gasteiger charge is -2.38. The van der Waals surface area contributed by atoms with E-state index in [1.807, 2.05) is 0 Å². The van der Waals surface area contributed by atoms with Crippen molar-refractivity contribution in [1.29, 1.82) is 0 Å². The number of hydrogen-bond donors (Lipinski definition) is 0. The Morgan fingerprint density at radius 2 is 1.59 bits per heavy atom. The molecule has 0 aliphatic carbocycles. The Morgan fingerprint density at radius 1 is 1.09 bits per heavy atom. The fourth-order valence-electron chi connectivity index (χ4n) is 2.28. The van der Waals surface area contributed by atoms with E-state index in [0.717, 1.165) is 0 Å². The molecule has 22 heavy (non-hydrogen) atoms. The van der Waals surface area contributed by atoms with Crippen LogP contribution in [0.1, 0.15) is 11.6 Å². The second-order valence-electron chi connectivity index (χ2n) is 4.46. The topological polar surface area (TPSA) is 29.5 Å². The van der Waals surface area contributed by atoms with Crippen LogP contribution < -0.4 is 0 Å². The molecule has 2 rings (SSSR count). The van der Waals surface area contributed by atoms with Crippen LogP contribution >= 0.6 is 11.6 Å². The number of benzene rings is 1. The van der Waals surface area contributed by atoms with Gasteiger partial charge in [0, 0.05) is 0 Å². The Bertz CT molecular complexity index is 545. The zero-order valence-corrected chi connectivity index (χ0v) is 11.3. The Balaban J connectivity index is 2.62. The Morgan fingerprint density at radius 3 is 2.00 bits per heavy atom. The van der Waals surface area contributed by atoms with Gasteiger partial charge in [0.2, 0.25) is 0 Å². The van der Waals surface area contributed by atoms with Crippen LogP contribution in [0, 0.1) is 0 Å². The van der Waals surface area contributed by atoms with Gasteiger partial charge in [-0.25, -0.2) is 9.69 Å². The second-order valence-corrected chi connectivity index (χ2v) is 4.70. The van der Waals surface area contributed by atoms with Crippen LogP contribution in [0.3, 0.4) is 0 Å². The first kappa shape index (κ1) is 16.9. The molecule has 1 fully saturated rings. The summed E-state index contributed by atoms with van der Waals surface area (Å²) >= 11 is 5.31. The average Bonchev–Trinajstić information content (AvgIpc) is 2.72. The summed E-state index contributed by atoms with van der Waals surface area (Å²) in [7, 11) is 0. The van der Waals surface area contributed by atoms with Crippen molar-refractivity contribution in [1.82, 2.24) is 4.90 Å². The van der Waals surface area contributed by atoms with Gasteiger partial charge in [-0.15, -0.1) is 11.6 Å². The first-order valence-corrected chi connectivity index (χ1v) is 6.33. The molecule has 0 radical (unpaired) electrons. The van der Waals surface area contributed by atoms with Crippen molar-refractivity contribution in [3.05, 3.63) is 35.9 Å². The van der Waals surface area contributed by atoms with Crippen molar-refractivity contribution in [2.24, 2.45) is 0 Å². The van der Waals surface area contributed by atoms with Gasteiger partial charge in [0.25, 0.3) is 0 Å². The van der Waals surface area contributed by atoms with Gasteiger partial charge in [-0.2, -0.15) is 26.3 Å². The third-order valence-electron chi connectivity index (χ3n) is 3.20. The molecule has 122 valence electrons. The van der Waals surface area contributed by atoms with Crippen LogP contribution in [-0.2, 0) is 9.53 Å². The Labute approximate surface area is 125 Å². The fourth-order valence-corrected chi connectivity index (χ4v) is 2.58. The zero-order valence-electron chi connectivity index (χ0n) is 10.6. The molecule has 1 aliphatic heterocycles. The quantitative estimate of drug-likeness (QED) is 0.354. The third-order valence-corrected chi connectivity index (χ3v) is 3.46. The minimum absolute atomic E-state index is 0.0801. The van der Waals surface area contributed by atoms with E-state index in [1.165, 1.54) is 30.3 Å². The van der Waals surface area contributed by atoms with Gasteiger partial charge in [-0.05, 0) is 5.56 Å². The minimum atomic E-state index is -5.90. The molecule has 1 aromatic rings. The SMILES string of the molecule is O=C1OC(C(F)(F)F)(C(F)(F)F)N(CCl)C1c1ccccc1. The summed E-state index contributed by atoms with van der Waals surface area (Å²) in [6, 6.07) is 3.57. The highest BCUT2D eigenvalue weighted by Gasteiger charge is 2.81. The van der Waals surface area contributed by atoms with Gasteiger partial charge in [-0.3, -0.25) is 0 Å². The van der Waals surface area contributed by atoms with Crippen molar-refractivity contribution in [2.75, 3.05) is 6.00 Å². The largest absolute Gasteiger partial charge is 0.453 e. The number of ether oxygens (including phenoxy) is 1. The van der Waals surface area contributed by atoms with Gasteiger partial charge in [0.1, 0.15) is 6.04 Å². The van der Waals surface area contributed by atoms with Gasteiger partial charge < -0.3 is 4.74 Å². The highest BCUT2D eigenvalue weighted by molar-refractivity contribution is 6.17. The normalized spacial score (nSPS) is 22.7. The maximum atomic E-state index is 13.1.